The fourth-order valence-corrected chi connectivity index (χ4v) is 4.87. The summed E-state index contributed by atoms with van der Waals surface area (Å²) in [6.07, 6.45) is 9.68. The number of nitrogens with zero attached hydrogens (tertiary/aromatic N) is 9. The minimum absolute atomic E-state index is 0.0701. The third kappa shape index (κ3) is 2.56. The van der Waals surface area contributed by atoms with E-state index in [1.165, 1.54) is 6.42 Å². The third-order valence-electron chi connectivity index (χ3n) is 6.65. The average Bonchev–Trinajstić information content (AvgIpc) is 3.46. The fraction of sp³-hybridized carbons (Fsp3) is 0.476. The number of amides is 2. The number of anilines is 2. The molecule has 0 spiro atoms. The first-order chi connectivity index (χ1) is 15.6. The van der Waals surface area contributed by atoms with Crippen molar-refractivity contribution >= 4 is 23.6 Å². The molecule has 11 heteroatoms. The van der Waals surface area contributed by atoms with Gasteiger partial charge in [0, 0.05) is 31.3 Å². The van der Waals surface area contributed by atoms with Crippen LogP contribution in [-0.4, -0.2) is 52.1 Å². The number of fused-ring (bicyclic) bond motifs is 3. The highest BCUT2D eigenvalue weighted by molar-refractivity contribution is 6.18. The van der Waals surface area contributed by atoms with Gasteiger partial charge in [-0.15, -0.1) is 10.2 Å². The number of carbonyl (C=O) groups excluding carboxylic acids is 2. The van der Waals surface area contributed by atoms with E-state index in [1.54, 1.807) is 23.2 Å². The summed E-state index contributed by atoms with van der Waals surface area (Å²) in [6, 6.07) is 0.456. The van der Waals surface area contributed by atoms with Gasteiger partial charge in [0.1, 0.15) is 11.5 Å². The topological polar surface area (TPSA) is 115 Å². The summed E-state index contributed by atoms with van der Waals surface area (Å²) in [4.78, 5) is 41.9. The zero-order chi connectivity index (χ0) is 22.0. The van der Waals surface area contributed by atoms with Crippen molar-refractivity contribution in [2.75, 3.05) is 9.80 Å². The Kier molecular flexibility index (Phi) is 4.14. The van der Waals surface area contributed by atoms with Gasteiger partial charge in [-0.1, -0.05) is 6.92 Å². The molecule has 0 N–H and O–H groups in total. The molecule has 0 unspecified atom stereocenters. The molecule has 1 saturated carbocycles. The number of hydrogen-bond donors (Lipinski definition) is 0. The van der Waals surface area contributed by atoms with Gasteiger partial charge in [-0.2, -0.15) is 4.98 Å². The molecule has 11 nitrogen and oxygen atoms in total. The molecular formula is C21H23N9O2. The summed E-state index contributed by atoms with van der Waals surface area (Å²) < 4.78 is 3.64. The van der Waals surface area contributed by atoms with Gasteiger partial charge in [-0.05, 0) is 32.6 Å². The van der Waals surface area contributed by atoms with Crippen molar-refractivity contribution in [1.29, 1.82) is 0 Å². The zero-order valence-electron chi connectivity index (χ0n) is 18.0. The molecule has 5 heterocycles. The molecule has 1 atom stereocenters. The van der Waals surface area contributed by atoms with Crippen LogP contribution in [0.3, 0.4) is 0 Å². The molecule has 1 aliphatic carbocycles. The first-order valence-corrected chi connectivity index (χ1v) is 11.1. The highest BCUT2D eigenvalue weighted by Gasteiger charge is 2.41. The Labute approximate surface area is 184 Å². The SMILES string of the molecule is CC[C@@H]1c2nnc(C)n2-c2cnc(-n3ccnc3N3C(=O)CCC3=O)nc2N1C1CCC1. The predicted molar refractivity (Wildman–Crippen MR) is 114 cm³/mol. The van der Waals surface area contributed by atoms with E-state index in [0.29, 0.717) is 12.0 Å². The number of imidazole rings is 1. The van der Waals surface area contributed by atoms with E-state index in [9.17, 15) is 9.59 Å². The van der Waals surface area contributed by atoms with E-state index in [2.05, 4.69) is 32.0 Å². The van der Waals surface area contributed by atoms with Gasteiger partial charge in [0.05, 0.1) is 12.2 Å². The first-order valence-electron chi connectivity index (χ1n) is 11.1. The van der Waals surface area contributed by atoms with Crippen LogP contribution in [0.4, 0.5) is 11.8 Å². The Morgan fingerprint density at radius 3 is 2.56 bits per heavy atom. The van der Waals surface area contributed by atoms with Gasteiger partial charge >= 0.3 is 0 Å². The molecule has 164 valence electrons. The van der Waals surface area contributed by atoms with E-state index in [1.807, 2.05) is 11.5 Å². The number of aryl methyl sites for hydroxylation is 1. The highest BCUT2D eigenvalue weighted by Crippen LogP contribution is 2.44. The molecule has 2 fully saturated rings. The summed E-state index contributed by atoms with van der Waals surface area (Å²) in [7, 11) is 0. The fourth-order valence-electron chi connectivity index (χ4n) is 4.87. The second-order valence-corrected chi connectivity index (χ2v) is 8.46. The van der Waals surface area contributed by atoms with Crippen LogP contribution in [-0.2, 0) is 9.59 Å². The maximum Gasteiger partial charge on any atom is 0.238 e. The molecule has 3 aromatic heterocycles. The van der Waals surface area contributed by atoms with Crippen LogP contribution < -0.4 is 9.80 Å². The Balaban J connectivity index is 1.51. The number of imide groups is 1. The number of rotatable bonds is 4. The second-order valence-electron chi connectivity index (χ2n) is 8.46. The lowest BCUT2D eigenvalue weighted by Gasteiger charge is -2.45. The van der Waals surface area contributed by atoms with E-state index < -0.39 is 0 Å². The molecule has 2 aliphatic heterocycles. The highest BCUT2D eigenvalue weighted by atomic mass is 16.2. The molecule has 32 heavy (non-hydrogen) atoms. The van der Waals surface area contributed by atoms with E-state index >= 15 is 0 Å². The van der Waals surface area contributed by atoms with Gasteiger partial charge < -0.3 is 4.90 Å². The van der Waals surface area contributed by atoms with Crippen molar-refractivity contribution in [2.45, 2.75) is 64.5 Å². The number of carbonyl (C=O) groups is 2. The summed E-state index contributed by atoms with van der Waals surface area (Å²) in [5.74, 6) is 2.62. The summed E-state index contributed by atoms with van der Waals surface area (Å²) in [5.41, 5.74) is 0.845. The molecule has 0 aromatic carbocycles. The van der Waals surface area contributed by atoms with Crippen LogP contribution >= 0.6 is 0 Å². The monoisotopic (exact) mass is 433 g/mol. The molecule has 2 amide bonds. The third-order valence-corrected chi connectivity index (χ3v) is 6.65. The lowest BCUT2D eigenvalue weighted by molar-refractivity contribution is -0.121. The van der Waals surface area contributed by atoms with Gasteiger partial charge in [-0.3, -0.25) is 18.7 Å². The van der Waals surface area contributed by atoms with E-state index in [0.717, 1.165) is 47.3 Å². The van der Waals surface area contributed by atoms with Gasteiger partial charge in [0.15, 0.2) is 11.6 Å². The van der Waals surface area contributed by atoms with Crippen molar-refractivity contribution in [3.05, 3.63) is 30.2 Å². The maximum atomic E-state index is 12.3. The molecule has 0 bridgehead atoms. The van der Waals surface area contributed by atoms with Crippen LogP contribution in [0.2, 0.25) is 0 Å². The van der Waals surface area contributed by atoms with Crippen molar-refractivity contribution in [3.8, 4) is 11.6 Å². The Morgan fingerprint density at radius 2 is 1.88 bits per heavy atom. The summed E-state index contributed by atoms with van der Waals surface area (Å²) >= 11 is 0. The lowest BCUT2D eigenvalue weighted by atomic mass is 9.89. The molecule has 3 aromatic rings. The van der Waals surface area contributed by atoms with Crippen molar-refractivity contribution in [1.82, 2.24) is 34.3 Å². The van der Waals surface area contributed by atoms with Crippen molar-refractivity contribution < 1.29 is 9.59 Å². The first kappa shape index (κ1) is 19.1. The van der Waals surface area contributed by atoms with Crippen LogP contribution in [0.25, 0.3) is 11.6 Å². The Bertz CT molecular complexity index is 1230. The number of aromatic nitrogens is 7. The van der Waals surface area contributed by atoms with Crippen LogP contribution in [0.15, 0.2) is 18.6 Å². The smallest absolute Gasteiger partial charge is 0.238 e. The standard InChI is InChI=1S/C21H23N9O2/c1-3-14-19-26-25-12(2)28(19)15-11-23-20(24-18(15)29(14)13-5-4-6-13)27-10-9-22-21(27)30-16(31)7-8-17(30)32/h9-11,13-14H,3-8H2,1-2H3/t14-/m1/s1. The minimum Gasteiger partial charge on any atom is -0.341 e. The Morgan fingerprint density at radius 1 is 1.09 bits per heavy atom. The molecular weight excluding hydrogens is 410 g/mol. The summed E-state index contributed by atoms with van der Waals surface area (Å²) in [5, 5.41) is 8.79. The quantitative estimate of drug-likeness (QED) is 0.574. The van der Waals surface area contributed by atoms with Crippen LogP contribution in [0.5, 0.6) is 0 Å². The molecule has 0 radical (unpaired) electrons. The second kappa shape index (κ2) is 6.94. The Hall–Kier alpha value is -3.63. The number of hydrogen-bond acceptors (Lipinski definition) is 8. The van der Waals surface area contributed by atoms with Crippen molar-refractivity contribution in [3.63, 3.8) is 0 Å². The average molecular weight is 433 g/mol. The summed E-state index contributed by atoms with van der Waals surface area (Å²) in [6.45, 7) is 4.08. The molecule has 1 saturated heterocycles. The molecule has 3 aliphatic rings. The van der Waals surface area contributed by atoms with E-state index in [4.69, 9.17) is 4.98 Å². The van der Waals surface area contributed by atoms with Crippen LogP contribution in [0, 0.1) is 6.92 Å². The zero-order valence-corrected chi connectivity index (χ0v) is 18.0. The van der Waals surface area contributed by atoms with Gasteiger partial charge in [0.25, 0.3) is 0 Å². The normalized spacial score (nSPS) is 20.5. The molecule has 6 rings (SSSR count). The minimum atomic E-state index is -0.257. The predicted octanol–water partition coefficient (Wildman–Crippen LogP) is 2.03. The van der Waals surface area contributed by atoms with E-state index in [-0.39, 0.29) is 36.6 Å². The largest absolute Gasteiger partial charge is 0.341 e. The van der Waals surface area contributed by atoms with Crippen molar-refractivity contribution in [2.24, 2.45) is 0 Å². The van der Waals surface area contributed by atoms with Gasteiger partial charge in [-0.25, -0.2) is 14.9 Å². The maximum absolute atomic E-state index is 12.3. The van der Waals surface area contributed by atoms with Gasteiger partial charge in [0.2, 0.25) is 23.7 Å². The van der Waals surface area contributed by atoms with Crippen LogP contribution in [0.1, 0.15) is 63.1 Å². The lowest BCUT2D eigenvalue weighted by Crippen LogP contribution is -2.46.